The van der Waals surface area contributed by atoms with E-state index < -0.39 is 20.0 Å². The van der Waals surface area contributed by atoms with Gasteiger partial charge in [-0.2, -0.15) is 8.42 Å². The van der Waals surface area contributed by atoms with Crippen molar-refractivity contribution in [3.63, 3.8) is 0 Å². The Hall–Kier alpha value is -2.85. The smallest absolute Gasteiger partial charge is 0.286 e. The fourth-order valence-electron chi connectivity index (χ4n) is 4.58. The molecule has 3 N–H and O–H groups in total. The molecule has 8 nitrogen and oxygen atoms in total. The summed E-state index contributed by atoms with van der Waals surface area (Å²) in [4.78, 5) is -0.137. The van der Waals surface area contributed by atoms with Gasteiger partial charge < -0.3 is 10.4 Å². The van der Waals surface area contributed by atoms with Crippen molar-refractivity contribution in [3.8, 4) is 0 Å². The summed E-state index contributed by atoms with van der Waals surface area (Å²) in [7, 11) is -7.72. The number of hydrogen-bond acceptors (Lipinski definition) is 6. The molecule has 0 spiro atoms. The summed E-state index contributed by atoms with van der Waals surface area (Å²) in [6.07, 6.45) is 3.20. The van der Waals surface area contributed by atoms with Crippen LogP contribution in [0.3, 0.4) is 0 Å². The quantitative estimate of drug-likeness (QED) is 0.511. The van der Waals surface area contributed by atoms with E-state index in [9.17, 15) is 21.9 Å². The predicted molar refractivity (Wildman–Crippen MR) is 140 cm³/mol. The van der Waals surface area contributed by atoms with Crippen LogP contribution in [0.15, 0.2) is 57.3 Å². The molecular formula is C25H31N3O5S2. The van der Waals surface area contributed by atoms with E-state index in [0.717, 1.165) is 24.7 Å². The number of amidine groups is 1. The molecule has 188 valence electrons. The van der Waals surface area contributed by atoms with Gasteiger partial charge in [0.2, 0.25) is 10.0 Å². The molecule has 0 saturated carbocycles. The summed E-state index contributed by atoms with van der Waals surface area (Å²) in [6, 6.07) is 11.9. The molecule has 2 aromatic rings. The molecule has 2 aromatic carbocycles. The van der Waals surface area contributed by atoms with Crippen LogP contribution in [-0.2, 0) is 25.5 Å². The standard InChI is InChI=1S/C25H31N3O5S2/c1-24(2,3)12-13-25(4)15-18(22(29)17-8-6-7-9-19(17)25)23-26-20-11-10-16(27-34(5,30)31)14-21(20)35(32,33)28-23/h6-11,14,27,29H,12-13,15H2,1-5H3,(H,26,28)/t25-/m0/s1. The SMILES string of the molecule is CC(C)(C)CC[C@@]1(C)CC(C2=NS(=O)(=O)c3cc(NS(C)(=O)=O)ccc3N2)=C(O)c2ccccc21. The highest BCUT2D eigenvalue weighted by Crippen LogP contribution is 2.47. The first-order valence-corrected chi connectivity index (χ1v) is 14.7. The Morgan fingerprint density at radius 2 is 1.86 bits per heavy atom. The van der Waals surface area contributed by atoms with Gasteiger partial charge in [0.15, 0.2) is 5.84 Å². The minimum atomic E-state index is -4.15. The van der Waals surface area contributed by atoms with Crippen molar-refractivity contribution in [2.24, 2.45) is 9.81 Å². The molecule has 1 heterocycles. The molecule has 1 aliphatic heterocycles. The second-order valence-electron chi connectivity index (χ2n) is 10.8. The number of sulfonamides is 2. The lowest BCUT2D eigenvalue weighted by Gasteiger charge is -2.39. The number of aliphatic hydroxyl groups is 1. The van der Waals surface area contributed by atoms with Gasteiger partial charge in [-0.1, -0.05) is 52.0 Å². The third-order valence-electron chi connectivity index (χ3n) is 6.43. The van der Waals surface area contributed by atoms with Gasteiger partial charge in [-0.25, -0.2) is 8.42 Å². The van der Waals surface area contributed by atoms with Crippen molar-refractivity contribution in [1.82, 2.24) is 0 Å². The maximum atomic E-state index is 13.1. The fraction of sp³-hybridized carbons (Fsp3) is 0.400. The van der Waals surface area contributed by atoms with Crippen LogP contribution in [0.5, 0.6) is 0 Å². The van der Waals surface area contributed by atoms with E-state index in [1.165, 1.54) is 18.2 Å². The molecule has 0 fully saturated rings. The lowest BCUT2D eigenvalue weighted by molar-refractivity contribution is 0.298. The van der Waals surface area contributed by atoms with Gasteiger partial charge in [0.25, 0.3) is 10.0 Å². The van der Waals surface area contributed by atoms with E-state index in [2.05, 4.69) is 42.1 Å². The Morgan fingerprint density at radius 1 is 1.17 bits per heavy atom. The number of nitrogens with zero attached hydrogens (tertiary/aromatic N) is 1. The third kappa shape index (κ3) is 5.23. The minimum Gasteiger partial charge on any atom is -0.507 e. The number of aliphatic hydroxyl groups excluding tert-OH is 1. The lowest BCUT2D eigenvalue weighted by Crippen LogP contribution is -2.34. The molecule has 1 aliphatic carbocycles. The van der Waals surface area contributed by atoms with Crippen LogP contribution in [-0.4, -0.2) is 34.0 Å². The van der Waals surface area contributed by atoms with Gasteiger partial charge in [-0.15, -0.1) is 4.40 Å². The molecule has 4 rings (SSSR count). The van der Waals surface area contributed by atoms with Crippen molar-refractivity contribution < 1.29 is 21.9 Å². The van der Waals surface area contributed by atoms with E-state index in [1.54, 1.807) is 0 Å². The minimum absolute atomic E-state index is 0.00842. The molecule has 0 aromatic heterocycles. The van der Waals surface area contributed by atoms with Gasteiger partial charge in [0.1, 0.15) is 10.7 Å². The highest BCUT2D eigenvalue weighted by Gasteiger charge is 2.40. The van der Waals surface area contributed by atoms with Crippen LogP contribution < -0.4 is 10.0 Å². The third-order valence-corrected chi connectivity index (χ3v) is 8.35. The molecule has 0 saturated heterocycles. The Bertz CT molecular complexity index is 1470. The molecule has 1 atom stereocenters. The highest BCUT2D eigenvalue weighted by atomic mass is 32.2. The topological polar surface area (TPSA) is 125 Å². The Kier molecular flexibility index (Phi) is 6.04. The highest BCUT2D eigenvalue weighted by molar-refractivity contribution is 7.92. The summed E-state index contributed by atoms with van der Waals surface area (Å²) in [5.41, 5.74) is 2.31. The number of hydrogen-bond donors (Lipinski definition) is 3. The number of nitrogens with one attached hydrogen (secondary N) is 2. The zero-order chi connectivity index (χ0) is 25.8. The van der Waals surface area contributed by atoms with Crippen LogP contribution >= 0.6 is 0 Å². The zero-order valence-corrected chi connectivity index (χ0v) is 22.1. The first-order valence-electron chi connectivity index (χ1n) is 11.3. The van der Waals surface area contributed by atoms with E-state index in [-0.39, 0.29) is 38.7 Å². The monoisotopic (exact) mass is 517 g/mol. The first-order chi connectivity index (χ1) is 16.1. The molecule has 0 amide bonds. The van der Waals surface area contributed by atoms with Gasteiger partial charge in [0, 0.05) is 16.8 Å². The molecule has 35 heavy (non-hydrogen) atoms. The van der Waals surface area contributed by atoms with Gasteiger partial charge >= 0.3 is 0 Å². The normalized spacial score (nSPS) is 21.5. The van der Waals surface area contributed by atoms with Crippen LogP contribution in [0.2, 0.25) is 0 Å². The number of anilines is 2. The molecule has 0 bridgehead atoms. The number of benzene rings is 2. The van der Waals surface area contributed by atoms with Crippen LogP contribution in [0, 0.1) is 5.41 Å². The van der Waals surface area contributed by atoms with Crippen molar-refractivity contribution in [2.45, 2.75) is 57.3 Å². The number of fused-ring (bicyclic) bond motifs is 2. The van der Waals surface area contributed by atoms with Crippen LogP contribution in [0.4, 0.5) is 11.4 Å². The Balaban J connectivity index is 1.78. The van der Waals surface area contributed by atoms with Gasteiger partial charge in [-0.05, 0) is 53.9 Å². The lowest BCUT2D eigenvalue weighted by atomic mass is 9.66. The van der Waals surface area contributed by atoms with Crippen molar-refractivity contribution in [2.75, 3.05) is 16.3 Å². The molecule has 0 radical (unpaired) electrons. The van der Waals surface area contributed by atoms with Gasteiger partial charge in [-0.3, -0.25) is 4.72 Å². The summed E-state index contributed by atoms with van der Waals surface area (Å²) >= 11 is 0. The fourth-order valence-corrected chi connectivity index (χ4v) is 6.31. The maximum Gasteiger partial charge on any atom is 0.286 e. The van der Waals surface area contributed by atoms with Gasteiger partial charge in [0.05, 0.1) is 11.9 Å². The van der Waals surface area contributed by atoms with Crippen molar-refractivity contribution in [1.29, 1.82) is 0 Å². The second kappa shape index (κ2) is 8.37. The average molecular weight is 518 g/mol. The predicted octanol–water partition coefficient (Wildman–Crippen LogP) is 5.03. The maximum absolute atomic E-state index is 13.1. The molecule has 10 heteroatoms. The van der Waals surface area contributed by atoms with E-state index in [0.29, 0.717) is 17.6 Å². The Labute approximate surface area is 207 Å². The Morgan fingerprint density at radius 3 is 2.51 bits per heavy atom. The molecular weight excluding hydrogens is 486 g/mol. The number of rotatable bonds is 5. The zero-order valence-electron chi connectivity index (χ0n) is 20.5. The molecule has 2 aliphatic rings. The van der Waals surface area contributed by atoms with Crippen molar-refractivity contribution >= 4 is 43.0 Å². The van der Waals surface area contributed by atoms with E-state index in [4.69, 9.17) is 0 Å². The van der Waals surface area contributed by atoms with E-state index in [1.807, 2.05) is 24.3 Å². The van der Waals surface area contributed by atoms with Crippen LogP contribution in [0.1, 0.15) is 58.1 Å². The molecule has 0 unspecified atom stereocenters. The largest absolute Gasteiger partial charge is 0.507 e. The summed E-state index contributed by atoms with van der Waals surface area (Å²) in [5, 5.41) is 14.3. The van der Waals surface area contributed by atoms with Crippen molar-refractivity contribution in [3.05, 3.63) is 59.2 Å². The summed E-state index contributed by atoms with van der Waals surface area (Å²) in [5.74, 6) is 0.0874. The van der Waals surface area contributed by atoms with Crippen LogP contribution in [0.25, 0.3) is 5.76 Å². The van der Waals surface area contributed by atoms with E-state index >= 15 is 0 Å². The second-order valence-corrected chi connectivity index (χ2v) is 14.1. The summed E-state index contributed by atoms with van der Waals surface area (Å²) in [6.45, 7) is 8.69. The first kappa shape index (κ1) is 25.2. The average Bonchev–Trinajstić information content (AvgIpc) is 2.74. The summed E-state index contributed by atoms with van der Waals surface area (Å²) < 4.78 is 55.6.